The van der Waals surface area contributed by atoms with Gasteiger partial charge in [0.05, 0.1) is 0 Å². The minimum Gasteiger partial charge on any atom is -0.477 e. The molecular weight excluding hydrogens is 304 g/mol. The van der Waals surface area contributed by atoms with Gasteiger partial charge in [-0.15, -0.1) is 5.10 Å². The number of nitrogens with zero attached hydrogens (tertiary/aromatic N) is 3. The van der Waals surface area contributed by atoms with E-state index in [0.29, 0.717) is 11.8 Å². The van der Waals surface area contributed by atoms with Crippen molar-refractivity contribution in [2.24, 2.45) is 0 Å². The minimum absolute atomic E-state index is 0.100. The molecule has 24 heavy (non-hydrogen) atoms. The lowest BCUT2D eigenvalue weighted by atomic mass is 10.0. The number of anilines is 1. The number of carbonyl (C=O) groups is 1. The summed E-state index contributed by atoms with van der Waals surface area (Å²) in [5.74, 6) is -0.0480. The van der Waals surface area contributed by atoms with E-state index in [1.165, 1.54) is 0 Å². The van der Waals surface area contributed by atoms with Crippen LogP contribution in [0.4, 0.5) is 5.95 Å². The topological polar surface area (TPSA) is 80.0 Å². The maximum absolute atomic E-state index is 11.4. The summed E-state index contributed by atoms with van der Waals surface area (Å²) in [4.78, 5) is 15.9. The molecule has 4 rings (SSSR count). The van der Waals surface area contributed by atoms with Gasteiger partial charge in [-0.25, -0.2) is 9.48 Å². The Bertz CT molecular complexity index is 917. The predicted molar refractivity (Wildman–Crippen MR) is 89.4 cm³/mol. The number of carboxylic acid groups (broad SMARTS) is 1. The van der Waals surface area contributed by atoms with Gasteiger partial charge in [-0.3, -0.25) is 0 Å². The highest BCUT2D eigenvalue weighted by Gasteiger charge is 2.27. The maximum Gasteiger partial charge on any atom is 0.352 e. The fraction of sp³-hybridized carbons (Fsp3) is 0.0556. The van der Waals surface area contributed by atoms with Crippen molar-refractivity contribution < 1.29 is 9.90 Å². The average molecular weight is 318 g/mol. The Hall–Kier alpha value is -3.41. The first-order valence-electron chi connectivity index (χ1n) is 7.51. The van der Waals surface area contributed by atoms with E-state index < -0.39 is 5.97 Å². The van der Waals surface area contributed by atoms with Crippen molar-refractivity contribution in [2.75, 3.05) is 5.32 Å². The molecule has 0 spiro atoms. The van der Waals surface area contributed by atoms with E-state index in [2.05, 4.69) is 15.4 Å². The zero-order chi connectivity index (χ0) is 16.5. The third kappa shape index (κ3) is 2.44. The van der Waals surface area contributed by atoms with Gasteiger partial charge >= 0.3 is 5.97 Å². The van der Waals surface area contributed by atoms with Crippen LogP contribution in [0.1, 0.15) is 11.6 Å². The van der Waals surface area contributed by atoms with Gasteiger partial charge in [0.1, 0.15) is 11.7 Å². The zero-order valence-electron chi connectivity index (χ0n) is 12.6. The van der Waals surface area contributed by atoms with Gasteiger partial charge < -0.3 is 10.4 Å². The highest BCUT2D eigenvalue weighted by Crippen LogP contribution is 2.30. The van der Waals surface area contributed by atoms with Crippen molar-refractivity contribution in [2.45, 2.75) is 6.04 Å². The third-order valence-corrected chi connectivity index (χ3v) is 3.87. The normalized spacial score (nSPS) is 16.0. The highest BCUT2D eigenvalue weighted by atomic mass is 16.4. The first kappa shape index (κ1) is 14.2. The molecule has 1 atom stereocenters. The molecule has 2 N–H and O–H groups in total. The van der Waals surface area contributed by atoms with Gasteiger partial charge in [0.25, 0.3) is 0 Å². The van der Waals surface area contributed by atoms with Crippen molar-refractivity contribution in [3.8, 4) is 11.4 Å². The van der Waals surface area contributed by atoms with Gasteiger partial charge in [-0.2, -0.15) is 4.98 Å². The molecule has 2 heterocycles. The van der Waals surface area contributed by atoms with Crippen molar-refractivity contribution >= 4 is 11.9 Å². The molecule has 3 aromatic rings. The van der Waals surface area contributed by atoms with Gasteiger partial charge in [-0.05, 0) is 11.6 Å². The van der Waals surface area contributed by atoms with Crippen LogP contribution >= 0.6 is 0 Å². The van der Waals surface area contributed by atoms with Crippen LogP contribution in [0.5, 0.6) is 0 Å². The largest absolute Gasteiger partial charge is 0.477 e. The monoisotopic (exact) mass is 318 g/mol. The number of carboxylic acids is 1. The summed E-state index contributed by atoms with van der Waals surface area (Å²) >= 11 is 0. The fourth-order valence-corrected chi connectivity index (χ4v) is 2.71. The first-order valence-corrected chi connectivity index (χ1v) is 7.51. The van der Waals surface area contributed by atoms with Crippen LogP contribution in [0.25, 0.3) is 11.4 Å². The molecule has 1 unspecified atom stereocenters. The molecule has 0 bridgehead atoms. The van der Waals surface area contributed by atoms with E-state index in [0.717, 1.165) is 11.1 Å². The number of allylic oxidation sites excluding steroid dienone is 1. The van der Waals surface area contributed by atoms with Crippen LogP contribution in [-0.2, 0) is 4.79 Å². The van der Waals surface area contributed by atoms with Crippen LogP contribution in [0, 0.1) is 0 Å². The molecule has 0 saturated carbocycles. The summed E-state index contributed by atoms with van der Waals surface area (Å²) in [6.07, 6.45) is 1.65. The lowest BCUT2D eigenvalue weighted by molar-refractivity contribution is -0.132. The Kier molecular flexibility index (Phi) is 3.35. The molecule has 0 amide bonds. The Balaban J connectivity index is 1.83. The van der Waals surface area contributed by atoms with Gasteiger partial charge in [-0.1, -0.05) is 60.7 Å². The molecule has 6 nitrogen and oxygen atoms in total. The van der Waals surface area contributed by atoms with Crippen LogP contribution in [0.2, 0.25) is 0 Å². The molecule has 6 heteroatoms. The molecule has 1 aromatic heterocycles. The van der Waals surface area contributed by atoms with Gasteiger partial charge in [0.15, 0.2) is 5.82 Å². The number of hydrogen-bond donors (Lipinski definition) is 2. The predicted octanol–water partition coefficient (Wildman–Crippen LogP) is 2.93. The molecule has 1 aliphatic heterocycles. The van der Waals surface area contributed by atoms with Crippen LogP contribution < -0.4 is 5.32 Å². The van der Waals surface area contributed by atoms with Crippen molar-refractivity contribution in [3.63, 3.8) is 0 Å². The standard InChI is InChI=1S/C18H14N4O2/c23-17(24)14-11-15(12-7-3-1-4-8-12)22-18(19-14)20-16(21-22)13-9-5-2-6-10-13/h1-11,15H,(H,23,24)(H,19,20,21). The Labute approximate surface area is 138 Å². The number of rotatable bonds is 3. The number of aliphatic carboxylic acids is 1. The average Bonchev–Trinajstić information content (AvgIpc) is 3.06. The van der Waals surface area contributed by atoms with E-state index in [4.69, 9.17) is 0 Å². The Morgan fingerprint density at radius 2 is 1.71 bits per heavy atom. The second kappa shape index (κ2) is 5.66. The third-order valence-electron chi connectivity index (χ3n) is 3.87. The molecule has 0 saturated heterocycles. The Morgan fingerprint density at radius 1 is 1.04 bits per heavy atom. The van der Waals surface area contributed by atoms with E-state index in [1.807, 2.05) is 60.7 Å². The highest BCUT2D eigenvalue weighted by molar-refractivity contribution is 5.90. The lowest BCUT2D eigenvalue weighted by Crippen LogP contribution is -2.24. The summed E-state index contributed by atoms with van der Waals surface area (Å²) < 4.78 is 1.71. The maximum atomic E-state index is 11.4. The SMILES string of the molecule is O=C(O)C1=CC(c2ccccc2)n2nc(-c3ccccc3)nc2N1. The second-order valence-electron chi connectivity index (χ2n) is 5.44. The summed E-state index contributed by atoms with van der Waals surface area (Å²) in [5, 5.41) is 16.8. The smallest absolute Gasteiger partial charge is 0.352 e. The summed E-state index contributed by atoms with van der Waals surface area (Å²) in [6, 6.07) is 18.9. The number of hydrogen-bond acceptors (Lipinski definition) is 4. The second-order valence-corrected chi connectivity index (χ2v) is 5.44. The summed E-state index contributed by atoms with van der Waals surface area (Å²) in [6.45, 7) is 0. The van der Waals surface area contributed by atoms with E-state index in [9.17, 15) is 9.90 Å². The minimum atomic E-state index is -1.02. The van der Waals surface area contributed by atoms with Crippen LogP contribution in [-0.4, -0.2) is 25.8 Å². The number of aromatic nitrogens is 3. The molecule has 0 radical (unpaired) electrons. The van der Waals surface area contributed by atoms with E-state index >= 15 is 0 Å². The van der Waals surface area contributed by atoms with Crippen molar-refractivity contribution in [1.82, 2.24) is 14.8 Å². The van der Waals surface area contributed by atoms with Crippen LogP contribution in [0.15, 0.2) is 72.4 Å². The van der Waals surface area contributed by atoms with Crippen molar-refractivity contribution in [1.29, 1.82) is 0 Å². The molecule has 1 aliphatic rings. The Morgan fingerprint density at radius 3 is 2.38 bits per heavy atom. The lowest BCUT2D eigenvalue weighted by Gasteiger charge is -2.22. The molecule has 2 aromatic carbocycles. The molecule has 0 aliphatic carbocycles. The fourth-order valence-electron chi connectivity index (χ4n) is 2.71. The van der Waals surface area contributed by atoms with E-state index in [1.54, 1.807) is 10.8 Å². The molecule has 0 fully saturated rings. The van der Waals surface area contributed by atoms with Crippen molar-refractivity contribution in [3.05, 3.63) is 78.0 Å². The first-order chi connectivity index (χ1) is 11.7. The van der Waals surface area contributed by atoms with Crippen LogP contribution in [0.3, 0.4) is 0 Å². The van der Waals surface area contributed by atoms with Gasteiger partial charge in [0.2, 0.25) is 5.95 Å². The number of fused-ring (bicyclic) bond motifs is 1. The summed E-state index contributed by atoms with van der Waals surface area (Å²) in [5.41, 5.74) is 1.93. The molecule has 118 valence electrons. The quantitative estimate of drug-likeness (QED) is 0.776. The van der Waals surface area contributed by atoms with E-state index in [-0.39, 0.29) is 11.7 Å². The number of nitrogens with one attached hydrogen (secondary N) is 1. The van der Waals surface area contributed by atoms with Gasteiger partial charge in [0, 0.05) is 5.56 Å². The number of benzene rings is 2. The molecular formula is C18H14N4O2. The summed E-state index contributed by atoms with van der Waals surface area (Å²) in [7, 11) is 0. The zero-order valence-corrected chi connectivity index (χ0v) is 12.6.